The van der Waals surface area contributed by atoms with Gasteiger partial charge in [-0.1, -0.05) is 24.3 Å². The monoisotopic (exact) mass is 411 g/mol. The van der Waals surface area contributed by atoms with Gasteiger partial charge in [-0.2, -0.15) is 0 Å². The number of β-amino-alcohol motifs (C(OH)–C–C–N with tert-alkyl or cyclic N) is 1. The molecule has 0 bridgehead atoms. The Morgan fingerprint density at radius 2 is 1.83 bits per heavy atom. The van der Waals surface area contributed by atoms with Crippen LogP contribution in [0.2, 0.25) is 0 Å². The Hall–Kier alpha value is -2.77. The van der Waals surface area contributed by atoms with Crippen LogP contribution in [0.5, 0.6) is 11.5 Å². The van der Waals surface area contributed by atoms with Crippen molar-refractivity contribution in [2.24, 2.45) is 0 Å². The molecule has 2 N–H and O–H groups in total. The molecule has 2 aliphatic rings. The van der Waals surface area contributed by atoms with E-state index in [-0.39, 0.29) is 12.1 Å². The van der Waals surface area contributed by atoms with Crippen LogP contribution in [0.25, 0.3) is 0 Å². The number of nitrogens with one attached hydrogen (secondary N) is 1. The SMILES string of the molecule is COc1ccc(C(O)CN2CCC(N3Cc4ccccc4NC3=O)CC2)cc1OC. The number of nitrogens with zero attached hydrogens (tertiary/aromatic N) is 2. The van der Waals surface area contributed by atoms with Crippen LogP contribution < -0.4 is 14.8 Å². The van der Waals surface area contributed by atoms with E-state index in [1.54, 1.807) is 14.2 Å². The van der Waals surface area contributed by atoms with Crippen LogP contribution >= 0.6 is 0 Å². The van der Waals surface area contributed by atoms with Gasteiger partial charge in [0, 0.05) is 37.9 Å². The maximum absolute atomic E-state index is 12.6. The topological polar surface area (TPSA) is 74.3 Å². The van der Waals surface area contributed by atoms with E-state index >= 15 is 0 Å². The summed E-state index contributed by atoms with van der Waals surface area (Å²) in [7, 11) is 3.19. The molecule has 0 aromatic heterocycles. The summed E-state index contributed by atoms with van der Waals surface area (Å²) in [6, 6.07) is 13.7. The minimum absolute atomic E-state index is 0.0162. The second-order valence-electron chi connectivity index (χ2n) is 7.88. The number of para-hydroxylation sites is 1. The van der Waals surface area contributed by atoms with E-state index < -0.39 is 6.10 Å². The smallest absolute Gasteiger partial charge is 0.322 e. The first-order valence-electron chi connectivity index (χ1n) is 10.4. The largest absolute Gasteiger partial charge is 0.493 e. The highest BCUT2D eigenvalue weighted by Crippen LogP contribution is 2.31. The molecule has 2 aromatic rings. The van der Waals surface area contributed by atoms with E-state index in [0.717, 1.165) is 42.7 Å². The molecule has 4 rings (SSSR count). The number of amides is 2. The molecule has 1 fully saturated rings. The number of piperidine rings is 1. The van der Waals surface area contributed by atoms with Gasteiger partial charge in [-0.15, -0.1) is 0 Å². The number of hydrogen-bond acceptors (Lipinski definition) is 5. The van der Waals surface area contributed by atoms with Crippen molar-refractivity contribution in [3.05, 3.63) is 53.6 Å². The Morgan fingerprint density at radius 3 is 2.57 bits per heavy atom. The summed E-state index contributed by atoms with van der Waals surface area (Å²) in [5.41, 5.74) is 2.87. The first-order valence-corrected chi connectivity index (χ1v) is 10.4. The van der Waals surface area contributed by atoms with Crippen LogP contribution in [0.1, 0.15) is 30.1 Å². The number of likely N-dealkylation sites (tertiary alicyclic amines) is 1. The number of carbonyl (C=O) groups is 1. The minimum Gasteiger partial charge on any atom is -0.493 e. The molecule has 2 aliphatic heterocycles. The summed E-state index contributed by atoms with van der Waals surface area (Å²) in [6.07, 6.45) is 1.19. The van der Waals surface area contributed by atoms with Gasteiger partial charge >= 0.3 is 6.03 Å². The Morgan fingerprint density at radius 1 is 1.10 bits per heavy atom. The number of aliphatic hydroxyl groups excluding tert-OH is 1. The average molecular weight is 412 g/mol. The molecule has 160 valence electrons. The van der Waals surface area contributed by atoms with Crippen molar-refractivity contribution >= 4 is 11.7 Å². The van der Waals surface area contributed by atoms with Crippen molar-refractivity contribution in [3.8, 4) is 11.5 Å². The Kier molecular flexibility index (Phi) is 6.11. The number of carbonyl (C=O) groups excluding carboxylic acids is 1. The van der Waals surface area contributed by atoms with Gasteiger partial charge in [0.05, 0.1) is 20.3 Å². The number of urea groups is 1. The average Bonchev–Trinajstić information content (AvgIpc) is 2.78. The molecule has 0 spiro atoms. The molecule has 30 heavy (non-hydrogen) atoms. The van der Waals surface area contributed by atoms with Crippen LogP contribution in [0.4, 0.5) is 10.5 Å². The van der Waals surface area contributed by atoms with E-state index in [2.05, 4.69) is 16.3 Å². The fourth-order valence-electron chi connectivity index (χ4n) is 4.34. The Balaban J connectivity index is 1.33. The van der Waals surface area contributed by atoms with E-state index in [4.69, 9.17) is 9.47 Å². The maximum Gasteiger partial charge on any atom is 0.322 e. The van der Waals surface area contributed by atoms with Gasteiger partial charge < -0.3 is 29.7 Å². The van der Waals surface area contributed by atoms with Gasteiger partial charge in [0.1, 0.15) is 0 Å². The molecule has 1 unspecified atom stereocenters. The molecule has 1 saturated heterocycles. The van der Waals surface area contributed by atoms with Gasteiger partial charge in [-0.25, -0.2) is 4.79 Å². The molecular formula is C23H29N3O4. The molecule has 1 atom stereocenters. The fraction of sp³-hybridized carbons (Fsp3) is 0.435. The molecule has 2 heterocycles. The van der Waals surface area contributed by atoms with Gasteiger partial charge in [0.2, 0.25) is 0 Å². The number of rotatable bonds is 6. The van der Waals surface area contributed by atoms with Gasteiger partial charge in [0.25, 0.3) is 0 Å². The van der Waals surface area contributed by atoms with Gasteiger partial charge in [-0.05, 0) is 42.2 Å². The lowest BCUT2D eigenvalue weighted by atomic mass is 10.00. The second kappa shape index (κ2) is 8.93. The van der Waals surface area contributed by atoms with Gasteiger partial charge in [0.15, 0.2) is 11.5 Å². The van der Waals surface area contributed by atoms with E-state index in [1.807, 2.05) is 41.3 Å². The number of benzene rings is 2. The second-order valence-corrected chi connectivity index (χ2v) is 7.88. The van der Waals surface area contributed by atoms with Crippen molar-refractivity contribution in [2.45, 2.75) is 31.5 Å². The molecule has 7 heteroatoms. The third-order valence-electron chi connectivity index (χ3n) is 6.08. The third kappa shape index (κ3) is 4.22. The van der Waals surface area contributed by atoms with Crippen LogP contribution in [0.3, 0.4) is 0 Å². The molecule has 0 aliphatic carbocycles. The van der Waals surface area contributed by atoms with Crippen LogP contribution in [0.15, 0.2) is 42.5 Å². The lowest BCUT2D eigenvalue weighted by molar-refractivity contribution is 0.0746. The van der Waals surface area contributed by atoms with Crippen LogP contribution in [0, 0.1) is 0 Å². The molecule has 2 aromatic carbocycles. The highest BCUT2D eigenvalue weighted by molar-refractivity contribution is 5.92. The van der Waals surface area contributed by atoms with Crippen molar-refractivity contribution in [3.63, 3.8) is 0 Å². The zero-order chi connectivity index (χ0) is 21.1. The maximum atomic E-state index is 12.6. The number of ether oxygens (including phenoxy) is 2. The van der Waals surface area contributed by atoms with E-state index in [1.165, 1.54) is 0 Å². The highest BCUT2D eigenvalue weighted by atomic mass is 16.5. The summed E-state index contributed by atoms with van der Waals surface area (Å²) in [4.78, 5) is 16.8. The Bertz CT molecular complexity index is 896. The highest BCUT2D eigenvalue weighted by Gasteiger charge is 2.31. The van der Waals surface area contributed by atoms with E-state index in [9.17, 15) is 9.90 Å². The number of methoxy groups -OCH3 is 2. The number of hydrogen-bond donors (Lipinski definition) is 2. The Labute approximate surface area is 177 Å². The van der Waals surface area contributed by atoms with Crippen molar-refractivity contribution in [1.82, 2.24) is 9.80 Å². The van der Waals surface area contributed by atoms with Crippen molar-refractivity contribution in [1.29, 1.82) is 0 Å². The van der Waals surface area contributed by atoms with Crippen molar-refractivity contribution in [2.75, 3.05) is 39.2 Å². The minimum atomic E-state index is -0.605. The third-order valence-corrected chi connectivity index (χ3v) is 6.08. The summed E-state index contributed by atoms with van der Waals surface area (Å²) in [6.45, 7) is 2.90. The first-order chi connectivity index (χ1) is 14.6. The number of aliphatic hydroxyl groups is 1. The molecule has 7 nitrogen and oxygen atoms in total. The fourth-order valence-corrected chi connectivity index (χ4v) is 4.34. The zero-order valence-electron chi connectivity index (χ0n) is 17.5. The summed E-state index contributed by atoms with van der Waals surface area (Å²) < 4.78 is 10.6. The standard InChI is InChI=1S/C23H29N3O4/c1-29-21-8-7-16(13-22(21)30-2)20(27)15-25-11-9-18(10-12-25)26-14-17-5-3-4-6-19(17)24-23(26)28/h3-8,13,18,20,27H,9-12,14-15H2,1-2H3,(H,24,28). The quantitative estimate of drug-likeness (QED) is 0.763. The number of anilines is 1. The normalized spacial score (nSPS) is 18.5. The first kappa shape index (κ1) is 20.5. The lowest BCUT2D eigenvalue weighted by Crippen LogP contribution is -2.50. The molecule has 0 saturated carbocycles. The lowest BCUT2D eigenvalue weighted by Gasteiger charge is -2.41. The van der Waals surface area contributed by atoms with Crippen LogP contribution in [-0.2, 0) is 6.54 Å². The zero-order valence-corrected chi connectivity index (χ0v) is 17.5. The summed E-state index contributed by atoms with van der Waals surface area (Å²) in [5, 5.41) is 13.7. The molecular weight excluding hydrogens is 382 g/mol. The molecule has 2 amide bonds. The van der Waals surface area contributed by atoms with Crippen LogP contribution in [-0.4, -0.2) is 60.8 Å². The van der Waals surface area contributed by atoms with Gasteiger partial charge in [-0.3, -0.25) is 0 Å². The molecule has 0 radical (unpaired) electrons. The summed E-state index contributed by atoms with van der Waals surface area (Å²) in [5.74, 6) is 1.26. The number of fused-ring (bicyclic) bond motifs is 1. The predicted octanol–water partition coefficient (Wildman–Crippen LogP) is 3.25. The van der Waals surface area contributed by atoms with Crippen molar-refractivity contribution < 1.29 is 19.4 Å². The van der Waals surface area contributed by atoms with E-state index in [0.29, 0.717) is 24.6 Å². The predicted molar refractivity (Wildman–Crippen MR) is 115 cm³/mol. The summed E-state index contributed by atoms with van der Waals surface area (Å²) >= 11 is 0.